The summed E-state index contributed by atoms with van der Waals surface area (Å²) in [4.78, 5) is 31.6. The number of carbonyl (C=O) groups excluding carboxylic acids is 2. The molecule has 2 aromatic rings. The topological polar surface area (TPSA) is 78.4 Å². The molecule has 0 N–H and O–H groups in total. The number of hydrogen-bond donors (Lipinski definition) is 0. The highest BCUT2D eigenvalue weighted by Crippen LogP contribution is 2.13. The molecule has 1 aromatic heterocycles. The normalized spacial score (nSPS) is 11.9. The van der Waals surface area contributed by atoms with Gasteiger partial charge in [0, 0.05) is 11.6 Å². The van der Waals surface area contributed by atoms with Crippen LogP contribution in [0, 0.1) is 5.92 Å². The number of aromatic nitrogens is 2. The fraction of sp³-hybridized carbons (Fsp3) is 0.474. The molecule has 1 atom stereocenters. The lowest BCUT2D eigenvalue weighted by atomic mass is 10.1. The standard InChI is InChI=1S/C19H24N2O4/c1-3-14(2)18(22)24-9-5-4-6-10-25-19(23)15-7-8-17-16(11-15)12-20-13-21-17/h7-8,11-14H,3-6,9-10H2,1-2H3. The van der Waals surface area contributed by atoms with E-state index >= 15 is 0 Å². The van der Waals surface area contributed by atoms with Crippen LogP contribution in [0.5, 0.6) is 0 Å². The summed E-state index contributed by atoms with van der Waals surface area (Å²) in [6, 6.07) is 5.21. The maximum Gasteiger partial charge on any atom is 0.338 e. The molecule has 0 amide bonds. The van der Waals surface area contributed by atoms with Gasteiger partial charge in [-0.3, -0.25) is 4.79 Å². The summed E-state index contributed by atoms with van der Waals surface area (Å²) in [5.74, 6) is -0.545. The molecule has 0 fully saturated rings. The molecule has 25 heavy (non-hydrogen) atoms. The summed E-state index contributed by atoms with van der Waals surface area (Å²) in [7, 11) is 0. The first-order chi connectivity index (χ1) is 12.1. The number of nitrogens with zero attached hydrogens (tertiary/aromatic N) is 2. The summed E-state index contributed by atoms with van der Waals surface area (Å²) < 4.78 is 10.4. The smallest absolute Gasteiger partial charge is 0.338 e. The van der Waals surface area contributed by atoms with Crippen LogP contribution in [0.3, 0.4) is 0 Å². The molecule has 0 aliphatic rings. The number of ether oxygens (including phenoxy) is 2. The highest BCUT2D eigenvalue weighted by Gasteiger charge is 2.11. The van der Waals surface area contributed by atoms with E-state index in [0.717, 1.165) is 36.6 Å². The van der Waals surface area contributed by atoms with Gasteiger partial charge in [0.15, 0.2) is 0 Å². The van der Waals surface area contributed by atoms with Crippen LogP contribution in [-0.4, -0.2) is 35.1 Å². The molecule has 0 aliphatic heterocycles. The van der Waals surface area contributed by atoms with E-state index in [1.165, 1.54) is 6.33 Å². The molecule has 0 saturated heterocycles. The Bertz CT molecular complexity index is 717. The molecule has 6 heteroatoms. The number of carbonyl (C=O) groups is 2. The van der Waals surface area contributed by atoms with Gasteiger partial charge in [-0.05, 0) is 43.9 Å². The first-order valence-electron chi connectivity index (χ1n) is 8.65. The molecule has 0 spiro atoms. The van der Waals surface area contributed by atoms with E-state index in [1.807, 2.05) is 13.8 Å². The minimum absolute atomic E-state index is 0.0479. The third-order valence-electron chi connectivity index (χ3n) is 4.02. The fourth-order valence-electron chi connectivity index (χ4n) is 2.22. The Morgan fingerprint density at radius 2 is 1.88 bits per heavy atom. The van der Waals surface area contributed by atoms with Gasteiger partial charge < -0.3 is 9.47 Å². The fourth-order valence-corrected chi connectivity index (χ4v) is 2.22. The largest absolute Gasteiger partial charge is 0.465 e. The number of hydrogen-bond acceptors (Lipinski definition) is 6. The van der Waals surface area contributed by atoms with Crippen molar-refractivity contribution in [3.8, 4) is 0 Å². The molecular formula is C19H24N2O4. The Balaban J connectivity index is 1.64. The van der Waals surface area contributed by atoms with Gasteiger partial charge in [0.1, 0.15) is 6.33 Å². The molecule has 0 radical (unpaired) electrons. The van der Waals surface area contributed by atoms with Gasteiger partial charge in [0.05, 0.1) is 30.2 Å². The van der Waals surface area contributed by atoms with Gasteiger partial charge in [0.25, 0.3) is 0 Å². The molecule has 0 aliphatic carbocycles. The van der Waals surface area contributed by atoms with E-state index in [1.54, 1.807) is 24.4 Å². The van der Waals surface area contributed by atoms with Crippen LogP contribution < -0.4 is 0 Å². The summed E-state index contributed by atoms with van der Waals surface area (Å²) in [5, 5.41) is 0.806. The van der Waals surface area contributed by atoms with E-state index in [-0.39, 0.29) is 17.9 Å². The first kappa shape index (κ1) is 18.8. The van der Waals surface area contributed by atoms with Crippen LogP contribution in [0.2, 0.25) is 0 Å². The SMILES string of the molecule is CCC(C)C(=O)OCCCCCOC(=O)c1ccc2ncncc2c1. The lowest BCUT2D eigenvalue weighted by molar-refractivity contribution is -0.148. The predicted octanol–water partition coefficient (Wildman–Crippen LogP) is 3.55. The first-order valence-corrected chi connectivity index (χ1v) is 8.65. The average Bonchev–Trinajstić information content (AvgIpc) is 2.65. The highest BCUT2D eigenvalue weighted by atomic mass is 16.5. The average molecular weight is 344 g/mol. The molecule has 6 nitrogen and oxygen atoms in total. The Morgan fingerprint density at radius 3 is 2.64 bits per heavy atom. The van der Waals surface area contributed by atoms with E-state index in [2.05, 4.69) is 9.97 Å². The Labute approximate surface area is 147 Å². The predicted molar refractivity (Wildman–Crippen MR) is 94.1 cm³/mol. The molecule has 2 rings (SSSR count). The third-order valence-corrected chi connectivity index (χ3v) is 4.02. The molecule has 0 saturated carbocycles. The minimum atomic E-state index is -0.353. The van der Waals surface area contributed by atoms with E-state index in [4.69, 9.17) is 9.47 Å². The molecule has 0 bridgehead atoms. The van der Waals surface area contributed by atoms with Crippen LogP contribution in [0.1, 0.15) is 49.9 Å². The van der Waals surface area contributed by atoms with Crippen LogP contribution in [0.25, 0.3) is 10.9 Å². The van der Waals surface area contributed by atoms with Crippen LogP contribution in [0.15, 0.2) is 30.7 Å². The summed E-state index contributed by atoms with van der Waals surface area (Å²) in [6.07, 6.45) is 6.28. The molecule has 1 heterocycles. The second-order valence-electron chi connectivity index (χ2n) is 5.97. The maximum absolute atomic E-state index is 12.0. The number of fused-ring (bicyclic) bond motifs is 1. The minimum Gasteiger partial charge on any atom is -0.465 e. The van der Waals surface area contributed by atoms with E-state index < -0.39 is 0 Å². The van der Waals surface area contributed by atoms with Gasteiger partial charge in [0.2, 0.25) is 0 Å². The second-order valence-corrected chi connectivity index (χ2v) is 5.97. The quantitative estimate of drug-likeness (QED) is 0.511. The van der Waals surface area contributed by atoms with Crippen molar-refractivity contribution in [2.24, 2.45) is 5.92 Å². The van der Waals surface area contributed by atoms with Crippen LogP contribution in [-0.2, 0) is 14.3 Å². The number of rotatable bonds is 9. The monoisotopic (exact) mass is 344 g/mol. The molecule has 1 unspecified atom stereocenters. The second kappa shape index (κ2) is 9.71. The Kier molecular flexibility index (Phi) is 7.32. The van der Waals surface area contributed by atoms with Crippen molar-refractivity contribution in [3.05, 3.63) is 36.3 Å². The zero-order chi connectivity index (χ0) is 18.1. The van der Waals surface area contributed by atoms with Gasteiger partial charge in [-0.2, -0.15) is 0 Å². The summed E-state index contributed by atoms with van der Waals surface area (Å²) in [5.41, 5.74) is 1.28. The zero-order valence-electron chi connectivity index (χ0n) is 14.7. The van der Waals surface area contributed by atoms with Crippen molar-refractivity contribution in [2.45, 2.75) is 39.5 Å². The third kappa shape index (κ3) is 5.81. The van der Waals surface area contributed by atoms with Gasteiger partial charge >= 0.3 is 11.9 Å². The van der Waals surface area contributed by atoms with Gasteiger partial charge in [-0.25, -0.2) is 14.8 Å². The van der Waals surface area contributed by atoms with Crippen molar-refractivity contribution >= 4 is 22.8 Å². The highest BCUT2D eigenvalue weighted by molar-refractivity contribution is 5.94. The van der Waals surface area contributed by atoms with Crippen molar-refractivity contribution in [1.82, 2.24) is 9.97 Å². The van der Waals surface area contributed by atoms with Crippen molar-refractivity contribution in [2.75, 3.05) is 13.2 Å². The number of unbranched alkanes of at least 4 members (excludes halogenated alkanes) is 2. The van der Waals surface area contributed by atoms with Gasteiger partial charge in [-0.15, -0.1) is 0 Å². The van der Waals surface area contributed by atoms with E-state index in [9.17, 15) is 9.59 Å². The molecule has 1 aromatic carbocycles. The van der Waals surface area contributed by atoms with Crippen molar-refractivity contribution < 1.29 is 19.1 Å². The van der Waals surface area contributed by atoms with Crippen molar-refractivity contribution in [1.29, 1.82) is 0 Å². The number of esters is 2. The maximum atomic E-state index is 12.0. The summed E-state index contributed by atoms with van der Waals surface area (Å²) in [6.45, 7) is 4.59. The van der Waals surface area contributed by atoms with Crippen molar-refractivity contribution in [3.63, 3.8) is 0 Å². The zero-order valence-corrected chi connectivity index (χ0v) is 14.7. The number of benzene rings is 1. The summed E-state index contributed by atoms with van der Waals surface area (Å²) >= 11 is 0. The lowest BCUT2D eigenvalue weighted by Gasteiger charge is -2.09. The Hall–Kier alpha value is -2.50. The molecule has 134 valence electrons. The molecular weight excluding hydrogens is 320 g/mol. The van der Waals surface area contributed by atoms with Crippen LogP contribution in [0.4, 0.5) is 0 Å². The van der Waals surface area contributed by atoms with E-state index in [0.29, 0.717) is 18.8 Å². The van der Waals surface area contributed by atoms with Crippen LogP contribution >= 0.6 is 0 Å². The Morgan fingerprint density at radius 1 is 1.12 bits per heavy atom. The van der Waals surface area contributed by atoms with Gasteiger partial charge in [-0.1, -0.05) is 13.8 Å². The lowest BCUT2D eigenvalue weighted by Crippen LogP contribution is -2.14.